The average Bonchev–Trinajstić information content (AvgIpc) is 3.22. The molecule has 0 amide bonds. The zero-order chi connectivity index (χ0) is 20.6. The lowest BCUT2D eigenvalue weighted by Gasteiger charge is -2.61. The molecule has 0 N–H and O–H groups in total. The number of methoxy groups -OCH3 is 2. The highest BCUT2D eigenvalue weighted by Crippen LogP contribution is 2.82. The first-order valence-corrected chi connectivity index (χ1v) is 12.1. The average molecular weight is 401 g/mol. The summed E-state index contributed by atoms with van der Waals surface area (Å²) >= 11 is 0. The number of carbonyl (C=O) groups is 1. The van der Waals surface area contributed by atoms with Crippen LogP contribution in [0.4, 0.5) is 0 Å². The van der Waals surface area contributed by atoms with E-state index in [1.165, 1.54) is 58.5 Å². The Morgan fingerprint density at radius 1 is 1.07 bits per heavy atom. The van der Waals surface area contributed by atoms with Crippen LogP contribution in [0.15, 0.2) is 12.2 Å². The van der Waals surface area contributed by atoms with Gasteiger partial charge >= 0.3 is 5.97 Å². The molecule has 3 heteroatoms. The van der Waals surface area contributed by atoms with Gasteiger partial charge in [-0.1, -0.05) is 26.8 Å². The molecule has 29 heavy (non-hydrogen) atoms. The molecular weight excluding hydrogens is 360 g/mol. The zero-order valence-corrected chi connectivity index (χ0v) is 19.1. The van der Waals surface area contributed by atoms with Gasteiger partial charge in [0.15, 0.2) is 0 Å². The molecule has 10 atom stereocenters. The smallest absolute Gasteiger partial charge is 0.330 e. The van der Waals surface area contributed by atoms with E-state index < -0.39 is 0 Å². The van der Waals surface area contributed by atoms with Gasteiger partial charge in [0.2, 0.25) is 0 Å². The van der Waals surface area contributed by atoms with Crippen molar-refractivity contribution in [2.75, 3.05) is 14.2 Å². The summed E-state index contributed by atoms with van der Waals surface area (Å²) in [5, 5.41) is 0. The van der Waals surface area contributed by atoms with E-state index in [0.717, 1.165) is 23.7 Å². The van der Waals surface area contributed by atoms with Crippen LogP contribution in [0.5, 0.6) is 0 Å². The molecule has 0 heterocycles. The van der Waals surface area contributed by atoms with Crippen LogP contribution < -0.4 is 0 Å². The summed E-state index contributed by atoms with van der Waals surface area (Å²) in [6, 6.07) is 0. The second kappa shape index (κ2) is 6.58. The fourth-order valence-electron chi connectivity index (χ4n) is 9.92. The van der Waals surface area contributed by atoms with Crippen molar-refractivity contribution in [1.82, 2.24) is 0 Å². The molecule has 0 aliphatic heterocycles. The van der Waals surface area contributed by atoms with Crippen LogP contribution in [-0.4, -0.2) is 26.3 Å². The van der Waals surface area contributed by atoms with Gasteiger partial charge in [-0.25, -0.2) is 4.79 Å². The topological polar surface area (TPSA) is 35.5 Å². The van der Waals surface area contributed by atoms with Gasteiger partial charge in [-0.2, -0.15) is 0 Å². The summed E-state index contributed by atoms with van der Waals surface area (Å²) in [6.45, 7) is 7.54. The third-order valence-electron chi connectivity index (χ3n) is 11.3. The van der Waals surface area contributed by atoms with Gasteiger partial charge in [0.05, 0.1) is 13.2 Å². The van der Waals surface area contributed by atoms with Crippen LogP contribution in [0.3, 0.4) is 0 Å². The highest BCUT2D eigenvalue weighted by Gasteiger charge is 2.77. The van der Waals surface area contributed by atoms with Gasteiger partial charge in [-0.3, -0.25) is 0 Å². The lowest BCUT2D eigenvalue weighted by atomic mass is 9.45. The molecule has 0 aromatic heterocycles. The quantitative estimate of drug-likeness (QED) is 0.453. The lowest BCUT2D eigenvalue weighted by molar-refractivity contribution is -0.160. The molecule has 5 saturated carbocycles. The van der Waals surface area contributed by atoms with E-state index in [1.54, 1.807) is 6.08 Å². The number of fused-ring (bicyclic) bond motifs is 4. The molecule has 0 radical (unpaired) electrons. The van der Waals surface area contributed by atoms with E-state index >= 15 is 0 Å². The van der Waals surface area contributed by atoms with Crippen LogP contribution >= 0.6 is 0 Å². The first kappa shape index (κ1) is 20.1. The van der Waals surface area contributed by atoms with Crippen LogP contribution in [0.25, 0.3) is 0 Å². The van der Waals surface area contributed by atoms with Crippen molar-refractivity contribution in [3.8, 4) is 0 Å². The Kier molecular flexibility index (Phi) is 4.56. The molecule has 162 valence electrons. The maximum absolute atomic E-state index is 11.6. The van der Waals surface area contributed by atoms with Crippen LogP contribution in [0.1, 0.15) is 72.1 Å². The molecule has 5 fully saturated rings. The van der Waals surface area contributed by atoms with Crippen molar-refractivity contribution in [2.24, 2.45) is 51.8 Å². The largest absolute Gasteiger partial charge is 0.466 e. The summed E-state index contributed by atoms with van der Waals surface area (Å²) < 4.78 is 11.0. The van der Waals surface area contributed by atoms with E-state index in [0.29, 0.717) is 34.2 Å². The minimum Gasteiger partial charge on any atom is -0.466 e. The standard InChI is InChI=1S/C26H40O3/c1-16(6-9-23(27)29-5)19-7-8-20-18-14-22(28-4)26-15-17(26)10-13-25(26,3)21(18)11-12-24(19,20)2/h6,9,16-22H,7-8,10-15H2,1-5H3/b9-6+/t16-,17-,18+,19-,20+,21+,22-,24-,25-,26+/m1/s1. The predicted octanol–water partition coefficient (Wildman–Crippen LogP) is 5.64. The molecule has 0 saturated heterocycles. The Balaban J connectivity index is 1.41. The first-order chi connectivity index (χ1) is 13.8. The Labute approximate surface area is 177 Å². The van der Waals surface area contributed by atoms with Crippen molar-refractivity contribution in [2.45, 2.75) is 78.2 Å². The normalized spacial score (nSPS) is 53.7. The van der Waals surface area contributed by atoms with Crippen LogP contribution in [0.2, 0.25) is 0 Å². The Morgan fingerprint density at radius 2 is 1.86 bits per heavy atom. The summed E-state index contributed by atoms with van der Waals surface area (Å²) in [6.07, 6.45) is 15.3. The Morgan fingerprint density at radius 3 is 2.55 bits per heavy atom. The van der Waals surface area contributed by atoms with Gasteiger partial charge < -0.3 is 9.47 Å². The van der Waals surface area contributed by atoms with E-state index in [4.69, 9.17) is 9.47 Å². The highest BCUT2D eigenvalue weighted by molar-refractivity contribution is 5.81. The molecule has 0 aromatic carbocycles. The summed E-state index contributed by atoms with van der Waals surface area (Å²) in [5.41, 5.74) is 1.43. The number of ether oxygens (including phenoxy) is 2. The molecule has 1 spiro atoms. The maximum Gasteiger partial charge on any atom is 0.330 e. The third kappa shape index (κ3) is 2.49. The van der Waals surface area contributed by atoms with E-state index in [2.05, 4.69) is 26.8 Å². The van der Waals surface area contributed by atoms with E-state index in [-0.39, 0.29) is 5.97 Å². The van der Waals surface area contributed by atoms with Gasteiger partial charge in [0, 0.05) is 18.6 Å². The van der Waals surface area contributed by atoms with Crippen molar-refractivity contribution in [3.05, 3.63) is 12.2 Å². The fourth-order valence-corrected chi connectivity index (χ4v) is 9.92. The highest BCUT2D eigenvalue weighted by atomic mass is 16.5. The lowest BCUT2D eigenvalue weighted by Crippen LogP contribution is -2.57. The molecule has 5 aliphatic carbocycles. The molecule has 5 aliphatic rings. The van der Waals surface area contributed by atoms with Crippen molar-refractivity contribution >= 4 is 5.97 Å². The van der Waals surface area contributed by atoms with Crippen molar-refractivity contribution < 1.29 is 14.3 Å². The Bertz CT molecular complexity index is 715. The number of allylic oxidation sites excluding steroid dienone is 1. The predicted molar refractivity (Wildman–Crippen MR) is 114 cm³/mol. The molecule has 0 bridgehead atoms. The SMILES string of the molecule is COC(=O)/C=C/[C@@H](C)[C@H]1CC[C@H]2[C@@H]3C[C@@H](OC)[C@]45C[C@H]4CC[C@]5(C)[C@H]3CC[C@]12C. The summed E-state index contributed by atoms with van der Waals surface area (Å²) in [4.78, 5) is 11.6. The van der Waals surface area contributed by atoms with Gasteiger partial charge in [0.25, 0.3) is 0 Å². The maximum atomic E-state index is 11.6. The van der Waals surface area contributed by atoms with Crippen LogP contribution in [0, 0.1) is 51.8 Å². The number of hydrogen-bond acceptors (Lipinski definition) is 3. The number of hydrogen-bond donors (Lipinski definition) is 0. The second-order valence-corrected chi connectivity index (χ2v) is 11.7. The van der Waals surface area contributed by atoms with E-state index in [1.807, 2.05) is 7.11 Å². The molecule has 3 nitrogen and oxygen atoms in total. The summed E-state index contributed by atoms with van der Waals surface area (Å²) in [5.74, 6) is 4.39. The first-order valence-electron chi connectivity index (χ1n) is 12.1. The monoisotopic (exact) mass is 400 g/mol. The number of carbonyl (C=O) groups excluding carboxylic acids is 1. The fraction of sp³-hybridized carbons (Fsp3) is 0.885. The minimum atomic E-state index is -0.228. The summed E-state index contributed by atoms with van der Waals surface area (Å²) in [7, 11) is 3.44. The Hall–Kier alpha value is -0.830. The van der Waals surface area contributed by atoms with Crippen LogP contribution in [-0.2, 0) is 14.3 Å². The van der Waals surface area contributed by atoms with E-state index in [9.17, 15) is 4.79 Å². The second-order valence-electron chi connectivity index (χ2n) is 11.7. The molecule has 0 aromatic rings. The zero-order valence-electron chi connectivity index (χ0n) is 19.1. The van der Waals surface area contributed by atoms with Gasteiger partial charge in [-0.05, 0) is 97.7 Å². The van der Waals surface area contributed by atoms with Crippen molar-refractivity contribution in [3.63, 3.8) is 0 Å². The van der Waals surface area contributed by atoms with Crippen molar-refractivity contribution in [1.29, 1.82) is 0 Å². The molecule has 5 rings (SSSR count). The van der Waals surface area contributed by atoms with Gasteiger partial charge in [-0.15, -0.1) is 0 Å². The number of esters is 1. The molecular formula is C26H40O3. The number of rotatable bonds is 4. The van der Waals surface area contributed by atoms with Gasteiger partial charge in [0.1, 0.15) is 0 Å². The minimum absolute atomic E-state index is 0.228. The molecule has 0 unspecified atom stereocenters. The third-order valence-corrected chi connectivity index (χ3v) is 11.3.